The largest absolute Gasteiger partial charge is 0.481 e. The molecule has 3 heterocycles. The van der Waals surface area contributed by atoms with Crippen LogP contribution < -0.4 is 11.2 Å². The smallest absolute Gasteiger partial charge is 0.393 e. The zero-order valence-electron chi connectivity index (χ0n) is 20.8. The average Bonchev–Trinajstić information content (AvgIpc) is 3.17. The number of alkyl halides is 1. The third-order valence-corrected chi connectivity index (χ3v) is 11.1. The molecule has 230 valence electrons. The van der Waals surface area contributed by atoms with E-state index in [0.717, 1.165) is 17.8 Å². The second-order valence-corrected chi connectivity index (χ2v) is 14.8. The van der Waals surface area contributed by atoms with Crippen molar-refractivity contribution in [1.29, 1.82) is 0 Å². The molecule has 2 saturated heterocycles. The Labute approximate surface area is 234 Å². The quantitative estimate of drug-likeness (QED) is 0.110. The number of hydrogen-bond donors (Lipinski definition) is 8. The van der Waals surface area contributed by atoms with E-state index in [0.29, 0.717) is 0 Å². The number of thioether (sulfide) groups is 1. The van der Waals surface area contributed by atoms with Gasteiger partial charge in [-0.1, -0.05) is 0 Å². The summed E-state index contributed by atoms with van der Waals surface area (Å²) in [6.45, 7) is -6.33. The molecule has 2 fully saturated rings. The number of phosphoric acid groups is 1. The minimum atomic E-state index is -5.46. The lowest BCUT2D eigenvalue weighted by Crippen LogP contribution is -2.60. The number of aliphatic hydroxyl groups is 5. The van der Waals surface area contributed by atoms with Crippen LogP contribution in [-0.4, -0.2) is 131 Å². The fourth-order valence-corrected chi connectivity index (χ4v) is 9.02. The number of nitrogens with zero attached hydrogens (tertiary/aromatic N) is 2. The average molecular weight is 658 g/mol. The van der Waals surface area contributed by atoms with Crippen molar-refractivity contribution in [2.75, 3.05) is 27.3 Å². The van der Waals surface area contributed by atoms with E-state index in [1.807, 2.05) is 0 Å². The van der Waals surface area contributed by atoms with Crippen molar-refractivity contribution in [2.45, 2.75) is 59.6 Å². The lowest BCUT2D eigenvalue weighted by molar-refractivity contribution is -0.287. The van der Waals surface area contributed by atoms with Gasteiger partial charge in [-0.2, -0.15) is 0 Å². The Hall–Kier alpha value is -0.640. The van der Waals surface area contributed by atoms with E-state index in [-0.39, 0.29) is 0 Å². The predicted molar refractivity (Wildman–Crippen MR) is 138 cm³/mol. The molecule has 3 rings (SSSR count). The molecule has 12 atom stereocenters. The number of aliphatic hydroxyl groups excluding tert-OH is 5. The van der Waals surface area contributed by atoms with Gasteiger partial charge < -0.3 is 49.5 Å². The lowest BCUT2D eigenvalue weighted by atomic mass is 9.96. The maximum absolute atomic E-state index is 13.9. The summed E-state index contributed by atoms with van der Waals surface area (Å²) in [7, 11) is -2.19. The summed E-state index contributed by atoms with van der Waals surface area (Å²) in [5.41, 5.74) is -1.35. The Bertz CT molecular complexity index is 1240. The van der Waals surface area contributed by atoms with Crippen molar-refractivity contribution in [3.05, 3.63) is 33.1 Å². The number of halogens is 1. The first-order valence-electron chi connectivity index (χ1n) is 11.4. The van der Waals surface area contributed by atoms with Crippen LogP contribution in [-0.2, 0) is 34.5 Å². The van der Waals surface area contributed by atoms with Gasteiger partial charge in [-0.15, -0.1) is 11.8 Å². The Balaban J connectivity index is 1.67. The highest BCUT2D eigenvalue weighted by Gasteiger charge is 2.51. The minimum absolute atomic E-state index is 0.547. The van der Waals surface area contributed by atoms with Crippen LogP contribution in [0, 0.1) is 0 Å². The molecule has 17 nitrogen and oxygen atoms in total. The van der Waals surface area contributed by atoms with E-state index in [1.165, 1.54) is 10.8 Å². The van der Waals surface area contributed by atoms with E-state index in [4.69, 9.17) is 26.2 Å². The number of rotatable bonds is 11. The van der Waals surface area contributed by atoms with Gasteiger partial charge in [0.15, 0.2) is 12.5 Å². The molecule has 0 spiro atoms. The number of hydrogen-bond acceptors (Lipinski definition) is 15. The van der Waals surface area contributed by atoms with Crippen LogP contribution in [0.25, 0.3) is 0 Å². The SMILES string of the molecule is CN(C)[C@@H]1[C@H](O)[C@@H](COP(O)(=S)OP(=O)(O)OC2OC([C@@H](F)CO)C(O)C(O)C2O)S[C@H]1n1ccc(=O)[nH]c1=O. The van der Waals surface area contributed by atoms with Gasteiger partial charge in [0.25, 0.3) is 5.56 Å². The van der Waals surface area contributed by atoms with Gasteiger partial charge in [-0.05, 0) is 25.9 Å². The van der Waals surface area contributed by atoms with E-state index in [9.17, 15) is 48.8 Å². The number of aromatic nitrogens is 2. The lowest BCUT2D eigenvalue weighted by Gasteiger charge is -2.41. The first kappa shape index (κ1) is 33.9. The Morgan fingerprint density at radius 2 is 1.85 bits per heavy atom. The van der Waals surface area contributed by atoms with Crippen LogP contribution in [0.3, 0.4) is 0 Å². The van der Waals surface area contributed by atoms with Gasteiger partial charge in [0.05, 0.1) is 30.6 Å². The van der Waals surface area contributed by atoms with Gasteiger partial charge in [0, 0.05) is 12.3 Å². The zero-order valence-corrected chi connectivity index (χ0v) is 24.2. The molecule has 2 aliphatic rings. The van der Waals surface area contributed by atoms with Gasteiger partial charge in [-0.25, -0.2) is 18.1 Å². The highest BCUT2D eigenvalue weighted by atomic mass is 32.5. The zero-order chi connectivity index (χ0) is 30.2. The van der Waals surface area contributed by atoms with Crippen LogP contribution >= 0.6 is 26.3 Å². The second-order valence-electron chi connectivity index (χ2n) is 9.09. The van der Waals surface area contributed by atoms with Gasteiger partial charge in [0.1, 0.15) is 29.8 Å². The van der Waals surface area contributed by atoms with Crippen molar-refractivity contribution < 1.29 is 62.4 Å². The summed E-state index contributed by atoms with van der Waals surface area (Å²) in [6.07, 6.45) is -12.8. The molecular weight excluding hydrogens is 627 g/mol. The summed E-state index contributed by atoms with van der Waals surface area (Å²) in [4.78, 5) is 47.9. The summed E-state index contributed by atoms with van der Waals surface area (Å²) in [5, 5.41) is 48.0. The summed E-state index contributed by atoms with van der Waals surface area (Å²) >= 11 is 5.78. The standard InChI is InChI=1S/C18H30FN3O14P2S2/c1-21(2)10-11(25)8(40-16(10)22-4-3-9(24)20-18(22)29)6-33-38(32,39)36-37(30,31)35-17-14(28)12(26)13(27)15(34-17)7(19)5-23/h3-4,7-8,10-17,23,25-28H,5-6H2,1-2H3,(H,30,31)(H,32,39)(H,20,24,29)/t7-,8+,10+,11+,12?,13?,14?,15?,16+,17?,38?/m0/s1. The molecule has 22 heteroatoms. The molecule has 0 aromatic carbocycles. The van der Waals surface area contributed by atoms with Crippen molar-refractivity contribution >= 4 is 38.1 Å². The summed E-state index contributed by atoms with van der Waals surface area (Å²) in [5.74, 6) is 0. The third-order valence-electron chi connectivity index (χ3n) is 6.04. The molecule has 0 radical (unpaired) electrons. The Morgan fingerprint density at radius 3 is 2.42 bits per heavy atom. The number of phosphoric ester groups is 1. The number of nitrogens with one attached hydrogen (secondary N) is 1. The molecule has 0 aliphatic carbocycles. The number of H-pyrrole nitrogens is 1. The Morgan fingerprint density at radius 1 is 1.20 bits per heavy atom. The molecule has 0 bridgehead atoms. The van der Waals surface area contributed by atoms with E-state index in [2.05, 4.69) is 13.8 Å². The highest BCUT2D eigenvalue weighted by molar-refractivity contribution is 8.08. The van der Waals surface area contributed by atoms with Crippen molar-refractivity contribution in [1.82, 2.24) is 14.5 Å². The van der Waals surface area contributed by atoms with Gasteiger partial charge >= 0.3 is 20.2 Å². The Kier molecular flexibility index (Phi) is 11.3. The second kappa shape index (κ2) is 13.3. The first-order valence-corrected chi connectivity index (χ1v) is 16.5. The minimum Gasteiger partial charge on any atom is -0.393 e. The number of likely N-dealkylation sites (N-methyl/N-ethyl adjacent to an activating group) is 1. The van der Waals surface area contributed by atoms with Gasteiger partial charge in [-0.3, -0.25) is 18.9 Å². The topological polar surface area (TPSA) is 254 Å². The van der Waals surface area contributed by atoms with Crippen LogP contribution in [0.5, 0.6) is 0 Å². The fourth-order valence-electron chi connectivity index (χ4n) is 4.12. The summed E-state index contributed by atoms with van der Waals surface area (Å²) < 4.78 is 46.8. The number of aromatic amines is 1. The molecule has 8 N–H and O–H groups in total. The van der Waals surface area contributed by atoms with E-state index >= 15 is 0 Å². The molecule has 40 heavy (non-hydrogen) atoms. The van der Waals surface area contributed by atoms with Crippen LogP contribution in [0.15, 0.2) is 21.9 Å². The maximum Gasteiger partial charge on any atom is 0.481 e. The highest BCUT2D eigenvalue weighted by Crippen LogP contribution is 2.62. The maximum atomic E-state index is 13.9. The van der Waals surface area contributed by atoms with Gasteiger partial charge in [0.2, 0.25) is 0 Å². The molecule has 2 aliphatic heterocycles. The van der Waals surface area contributed by atoms with Crippen LogP contribution in [0.2, 0.25) is 0 Å². The van der Waals surface area contributed by atoms with Crippen LogP contribution in [0.1, 0.15) is 5.37 Å². The van der Waals surface area contributed by atoms with Crippen molar-refractivity contribution in [3.8, 4) is 0 Å². The fraction of sp³-hybridized carbons (Fsp3) is 0.778. The normalized spacial score (nSPS) is 36.7. The van der Waals surface area contributed by atoms with E-state index < -0.39 is 98.7 Å². The number of ether oxygens (including phenoxy) is 1. The molecule has 1 aromatic heterocycles. The molecule has 0 amide bonds. The molecule has 1 aromatic rings. The molecular formula is C18H30FN3O14P2S2. The van der Waals surface area contributed by atoms with Crippen molar-refractivity contribution in [3.63, 3.8) is 0 Å². The molecule has 7 unspecified atom stereocenters. The predicted octanol–water partition coefficient (Wildman–Crippen LogP) is -3.05. The summed E-state index contributed by atoms with van der Waals surface area (Å²) in [6, 6.07) is 0.433. The monoisotopic (exact) mass is 657 g/mol. The molecule has 0 saturated carbocycles. The van der Waals surface area contributed by atoms with Crippen LogP contribution in [0.4, 0.5) is 4.39 Å². The third kappa shape index (κ3) is 7.84. The van der Waals surface area contributed by atoms with Crippen molar-refractivity contribution in [2.24, 2.45) is 0 Å². The first-order chi connectivity index (χ1) is 18.5. The van der Waals surface area contributed by atoms with E-state index in [1.54, 1.807) is 19.0 Å².